The Balaban J connectivity index is 1.80. The number of halogens is 1. The van der Waals surface area contributed by atoms with Crippen LogP contribution in [0.2, 0.25) is 0 Å². The molecule has 3 aliphatic rings. The van der Waals surface area contributed by atoms with Gasteiger partial charge in [-0.25, -0.2) is 4.39 Å². The summed E-state index contributed by atoms with van der Waals surface area (Å²) in [6.45, 7) is 10.8. The van der Waals surface area contributed by atoms with Crippen molar-refractivity contribution in [3.05, 3.63) is 59.3 Å². The number of allylic oxidation sites excluding steroid dienone is 8. The van der Waals surface area contributed by atoms with Gasteiger partial charge >= 0.3 is 0 Å². The van der Waals surface area contributed by atoms with Gasteiger partial charge in [0, 0.05) is 6.42 Å². The minimum Gasteiger partial charge on any atom is -0.393 e. The summed E-state index contributed by atoms with van der Waals surface area (Å²) in [6, 6.07) is 0. The zero-order valence-corrected chi connectivity index (χ0v) is 17.2. The average molecular weight is 371 g/mol. The van der Waals surface area contributed by atoms with E-state index in [2.05, 4.69) is 51.7 Å². The van der Waals surface area contributed by atoms with Gasteiger partial charge in [0.15, 0.2) is 0 Å². The lowest BCUT2D eigenvalue weighted by Crippen LogP contribution is -2.32. The highest BCUT2D eigenvalue weighted by molar-refractivity contribution is 5.40. The molecular weight excluding hydrogens is 335 g/mol. The van der Waals surface area contributed by atoms with Crippen LogP contribution in [0.1, 0.15) is 65.7 Å². The Kier molecular flexibility index (Phi) is 6.25. The number of aliphatic hydroxyl groups is 1. The molecule has 0 bridgehead atoms. The normalized spacial score (nSPS) is 38.5. The Morgan fingerprint density at radius 1 is 1.41 bits per heavy atom. The highest BCUT2D eigenvalue weighted by Crippen LogP contribution is 2.56. The first-order valence-electron chi connectivity index (χ1n) is 10.6. The van der Waals surface area contributed by atoms with Crippen LogP contribution in [-0.4, -0.2) is 17.4 Å². The first kappa shape index (κ1) is 20.3. The molecule has 0 radical (unpaired) electrons. The van der Waals surface area contributed by atoms with Crippen molar-refractivity contribution >= 4 is 0 Å². The fourth-order valence-electron chi connectivity index (χ4n) is 5.52. The maximum absolute atomic E-state index is 14.0. The summed E-state index contributed by atoms with van der Waals surface area (Å²) < 4.78 is 14.0. The van der Waals surface area contributed by atoms with Crippen LogP contribution in [-0.2, 0) is 0 Å². The van der Waals surface area contributed by atoms with Gasteiger partial charge in [0.2, 0.25) is 0 Å². The SMILES string of the molecule is C=C1/C(=C\C=C2/CCCC3(C)C(C(C)C/C=C/C)=CCC23)CC(O)CC1F. The lowest BCUT2D eigenvalue weighted by Gasteiger charge is -2.42. The number of fused-ring (bicyclic) bond motifs is 1. The molecule has 2 heteroatoms. The first-order chi connectivity index (χ1) is 12.9. The van der Waals surface area contributed by atoms with Crippen molar-refractivity contribution in [2.45, 2.75) is 78.0 Å². The third kappa shape index (κ3) is 4.06. The molecule has 0 aliphatic heterocycles. The quantitative estimate of drug-likeness (QED) is 0.551. The summed E-state index contributed by atoms with van der Waals surface area (Å²) >= 11 is 0. The molecule has 5 unspecified atom stereocenters. The van der Waals surface area contributed by atoms with E-state index in [-0.39, 0.29) is 11.8 Å². The summed E-state index contributed by atoms with van der Waals surface area (Å²) in [5, 5.41) is 9.91. The molecule has 3 rings (SSSR count). The van der Waals surface area contributed by atoms with Crippen LogP contribution >= 0.6 is 0 Å². The van der Waals surface area contributed by atoms with Crippen LogP contribution in [0.5, 0.6) is 0 Å². The van der Waals surface area contributed by atoms with Gasteiger partial charge < -0.3 is 5.11 Å². The fourth-order valence-corrected chi connectivity index (χ4v) is 5.52. The van der Waals surface area contributed by atoms with E-state index in [9.17, 15) is 9.50 Å². The van der Waals surface area contributed by atoms with E-state index in [4.69, 9.17) is 0 Å². The number of rotatable bonds is 4. The van der Waals surface area contributed by atoms with Gasteiger partial charge in [-0.2, -0.15) is 0 Å². The second kappa shape index (κ2) is 8.31. The third-order valence-corrected chi connectivity index (χ3v) is 7.09. The maximum Gasteiger partial charge on any atom is 0.127 e. The van der Waals surface area contributed by atoms with Crippen molar-refractivity contribution < 1.29 is 9.50 Å². The predicted molar refractivity (Wildman–Crippen MR) is 112 cm³/mol. The van der Waals surface area contributed by atoms with Gasteiger partial charge in [-0.05, 0) is 73.8 Å². The number of alkyl halides is 1. The van der Waals surface area contributed by atoms with Crippen LogP contribution < -0.4 is 0 Å². The highest BCUT2D eigenvalue weighted by atomic mass is 19.1. The van der Waals surface area contributed by atoms with Gasteiger partial charge in [0.05, 0.1) is 6.10 Å². The molecule has 0 aromatic rings. The molecule has 3 aliphatic carbocycles. The Bertz CT molecular complexity index is 695. The molecule has 0 amide bonds. The van der Waals surface area contributed by atoms with E-state index in [0.29, 0.717) is 23.8 Å². The van der Waals surface area contributed by atoms with Gasteiger partial charge in [-0.3, -0.25) is 0 Å². The molecule has 1 nitrogen and oxygen atoms in total. The fraction of sp³-hybridized carbons (Fsp3) is 0.600. The number of hydrogen-bond acceptors (Lipinski definition) is 1. The van der Waals surface area contributed by atoms with Crippen molar-refractivity contribution in [2.75, 3.05) is 0 Å². The standard InChI is InChI=1S/C25H35FO/c1-5-6-8-17(2)22-12-13-23-19(9-7-14-25(22,23)4)10-11-20-15-21(27)16-24(26)18(20)3/h5-6,10-12,17,21,23-24,27H,3,7-9,13-16H2,1-2,4H3/b6-5+,19-10+,20-11-. The Morgan fingerprint density at radius 2 is 2.19 bits per heavy atom. The Labute approximate surface area is 164 Å². The van der Waals surface area contributed by atoms with Crippen LogP contribution in [0.15, 0.2) is 59.3 Å². The topological polar surface area (TPSA) is 20.2 Å². The van der Waals surface area contributed by atoms with Gasteiger partial charge in [-0.15, -0.1) is 0 Å². The number of hydrogen-bond donors (Lipinski definition) is 1. The molecule has 0 aromatic carbocycles. The van der Waals surface area contributed by atoms with Gasteiger partial charge in [0.25, 0.3) is 0 Å². The molecule has 0 spiro atoms. The molecule has 2 fully saturated rings. The summed E-state index contributed by atoms with van der Waals surface area (Å²) in [5.74, 6) is 1.16. The molecule has 0 saturated heterocycles. The van der Waals surface area contributed by atoms with E-state index in [1.165, 1.54) is 18.4 Å². The van der Waals surface area contributed by atoms with Crippen molar-refractivity contribution in [3.8, 4) is 0 Å². The molecule has 1 N–H and O–H groups in total. The van der Waals surface area contributed by atoms with E-state index >= 15 is 0 Å². The summed E-state index contributed by atoms with van der Waals surface area (Å²) in [6.07, 6.45) is 16.0. The third-order valence-electron chi connectivity index (χ3n) is 7.09. The monoisotopic (exact) mass is 370 g/mol. The molecule has 0 heterocycles. The van der Waals surface area contributed by atoms with E-state index in [1.54, 1.807) is 5.57 Å². The zero-order chi connectivity index (χ0) is 19.6. The van der Waals surface area contributed by atoms with Crippen LogP contribution in [0.4, 0.5) is 4.39 Å². The smallest absolute Gasteiger partial charge is 0.127 e. The minimum absolute atomic E-state index is 0.185. The lowest BCUT2D eigenvalue weighted by atomic mass is 9.62. The second-order valence-electron chi connectivity index (χ2n) is 8.94. The Hall–Kier alpha value is -1.41. The molecule has 5 atom stereocenters. The van der Waals surface area contributed by atoms with Crippen LogP contribution in [0.25, 0.3) is 0 Å². The second-order valence-corrected chi connectivity index (χ2v) is 8.94. The van der Waals surface area contributed by atoms with E-state index in [1.807, 2.05) is 6.08 Å². The summed E-state index contributed by atoms with van der Waals surface area (Å²) in [5.41, 5.74) is 4.82. The molecule has 2 saturated carbocycles. The lowest BCUT2D eigenvalue weighted by molar-refractivity contribution is 0.124. The summed E-state index contributed by atoms with van der Waals surface area (Å²) in [7, 11) is 0. The highest BCUT2D eigenvalue weighted by Gasteiger charge is 2.45. The largest absolute Gasteiger partial charge is 0.393 e. The molecule has 148 valence electrons. The zero-order valence-electron chi connectivity index (χ0n) is 17.2. The Morgan fingerprint density at radius 3 is 2.93 bits per heavy atom. The van der Waals surface area contributed by atoms with Crippen molar-refractivity contribution in [3.63, 3.8) is 0 Å². The van der Waals surface area contributed by atoms with Crippen molar-refractivity contribution in [1.29, 1.82) is 0 Å². The van der Waals surface area contributed by atoms with Crippen LogP contribution in [0, 0.1) is 17.3 Å². The summed E-state index contributed by atoms with van der Waals surface area (Å²) in [4.78, 5) is 0. The average Bonchev–Trinajstić information content (AvgIpc) is 2.99. The van der Waals surface area contributed by atoms with Gasteiger partial charge in [0.1, 0.15) is 6.17 Å². The molecular formula is C25H35FO. The van der Waals surface area contributed by atoms with E-state index in [0.717, 1.165) is 24.8 Å². The molecule has 0 aromatic heterocycles. The van der Waals surface area contributed by atoms with E-state index < -0.39 is 12.3 Å². The number of aliphatic hydroxyl groups excluding tert-OH is 1. The molecule has 27 heavy (non-hydrogen) atoms. The van der Waals surface area contributed by atoms with Crippen LogP contribution in [0.3, 0.4) is 0 Å². The van der Waals surface area contributed by atoms with Crippen molar-refractivity contribution in [1.82, 2.24) is 0 Å². The van der Waals surface area contributed by atoms with Crippen molar-refractivity contribution in [2.24, 2.45) is 17.3 Å². The minimum atomic E-state index is -1.11. The maximum atomic E-state index is 14.0. The predicted octanol–water partition coefficient (Wildman–Crippen LogP) is 6.63. The first-order valence-corrected chi connectivity index (χ1v) is 10.6. The van der Waals surface area contributed by atoms with Gasteiger partial charge in [-0.1, -0.05) is 62.0 Å².